The largest absolute Gasteiger partial charge is 0.418 e. The first kappa shape index (κ1) is 18.4. The van der Waals surface area contributed by atoms with E-state index in [1.165, 1.54) is 17.0 Å². The minimum Gasteiger partial charge on any atom is -0.334 e. The summed E-state index contributed by atoms with van der Waals surface area (Å²) >= 11 is 0. The van der Waals surface area contributed by atoms with Gasteiger partial charge in [0.2, 0.25) is 0 Å². The van der Waals surface area contributed by atoms with Gasteiger partial charge in [-0.05, 0) is 23.9 Å². The Morgan fingerprint density at radius 3 is 2.58 bits per heavy atom. The summed E-state index contributed by atoms with van der Waals surface area (Å²) in [4.78, 5) is 28.2. The number of carbonyl (C=O) groups is 1. The molecule has 6 nitrogen and oxygen atoms in total. The molecule has 0 spiro atoms. The molecule has 3 rings (SSSR count). The number of alkyl halides is 3. The van der Waals surface area contributed by atoms with E-state index in [9.17, 15) is 31.2 Å². The molecule has 2 aromatic rings. The smallest absolute Gasteiger partial charge is 0.334 e. The number of likely N-dealkylation sites (tertiary alicyclic amines) is 1. The highest BCUT2D eigenvalue weighted by Crippen LogP contribution is 2.33. The minimum absolute atomic E-state index is 0.0722. The molecule has 1 aromatic heterocycles. The highest BCUT2D eigenvalue weighted by atomic mass is 32.2. The molecule has 0 aliphatic carbocycles. The first-order chi connectivity index (χ1) is 12.0. The monoisotopic (exact) mass is 388 g/mol. The number of pyridine rings is 1. The van der Waals surface area contributed by atoms with Crippen molar-refractivity contribution < 1.29 is 26.4 Å². The van der Waals surface area contributed by atoms with Gasteiger partial charge in [-0.15, -0.1) is 0 Å². The summed E-state index contributed by atoms with van der Waals surface area (Å²) in [5, 5.41) is 0.0722. The van der Waals surface area contributed by atoms with Gasteiger partial charge < -0.3 is 9.88 Å². The number of halogens is 3. The number of nitrogens with zero attached hydrogens (tertiary/aromatic N) is 1. The van der Waals surface area contributed by atoms with Crippen molar-refractivity contribution >= 4 is 26.6 Å². The van der Waals surface area contributed by atoms with Crippen LogP contribution in [0, 0.1) is 0 Å². The number of nitrogens with one attached hydrogen (secondary N) is 1. The lowest BCUT2D eigenvalue weighted by Gasteiger charge is -2.40. The fourth-order valence-electron chi connectivity index (χ4n) is 3.01. The predicted molar refractivity (Wildman–Crippen MR) is 88.7 cm³/mol. The van der Waals surface area contributed by atoms with E-state index in [-0.39, 0.29) is 16.7 Å². The number of aromatic amines is 1. The standard InChI is InChI=1S/C16H15F3N2O4S/c1-26(24,25)8-10-5-6-21(10)15(23)11-7-9-3-2-4-12(16(17,18)19)13(9)20-14(11)22/h2-4,7,10H,5-6,8H2,1H3,(H,20,22)/t10-/m0/s1. The maximum Gasteiger partial charge on any atom is 0.418 e. The van der Waals surface area contributed by atoms with Gasteiger partial charge in [0, 0.05) is 18.8 Å². The van der Waals surface area contributed by atoms with Crippen LogP contribution in [-0.4, -0.2) is 48.8 Å². The second-order valence-corrected chi connectivity index (χ2v) is 8.50. The molecular weight excluding hydrogens is 373 g/mol. The molecule has 0 unspecified atom stereocenters. The van der Waals surface area contributed by atoms with E-state index in [1.54, 1.807) is 0 Å². The molecule has 0 radical (unpaired) electrons. The quantitative estimate of drug-likeness (QED) is 0.869. The summed E-state index contributed by atoms with van der Waals surface area (Å²) in [6.07, 6.45) is -3.11. The normalized spacial score (nSPS) is 18.0. The molecular formula is C16H15F3N2O4S. The Labute approximate surface area is 146 Å². The van der Waals surface area contributed by atoms with E-state index in [2.05, 4.69) is 4.98 Å². The topological polar surface area (TPSA) is 87.3 Å². The Kier molecular flexibility index (Phi) is 4.33. The summed E-state index contributed by atoms with van der Waals surface area (Å²) in [5.41, 5.74) is -2.64. The van der Waals surface area contributed by atoms with E-state index in [1.807, 2.05) is 0 Å². The van der Waals surface area contributed by atoms with Crippen molar-refractivity contribution in [3.63, 3.8) is 0 Å². The average molecular weight is 388 g/mol. The summed E-state index contributed by atoms with van der Waals surface area (Å²) in [5.74, 6) is -0.909. The van der Waals surface area contributed by atoms with Gasteiger partial charge >= 0.3 is 6.18 Å². The van der Waals surface area contributed by atoms with E-state index < -0.39 is 44.6 Å². The lowest BCUT2D eigenvalue weighted by molar-refractivity contribution is -0.136. The molecule has 1 atom stereocenters. The van der Waals surface area contributed by atoms with Gasteiger partial charge in [-0.1, -0.05) is 12.1 Å². The molecule has 1 amide bonds. The van der Waals surface area contributed by atoms with Crippen molar-refractivity contribution in [2.45, 2.75) is 18.6 Å². The number of fused-ring (bicyclic) bond motifs is 1. The lowest BCUT2D eigenvalue weighted by Crippen LogP contribution is -2.54. The Balaban J connectivity index is 2.00. The summed E-state index contributed by atoms with van der Waals surface area (Å²) < 4.78 is 62.0. The highest BCUT2D eigenvalue weighted by molar-refractivity contribution is 7.90. The second kappa shape index (κ2) is 6.11. The molecule has 1 aliphatic rings. The molecule has 26 heavy (non-hydrogen) atoms. The number of aromatic nitrogens is 1. The molecule has 10 heteroatoms. The highest BCUT2D eigenvalue weighted by Gasteiger charge is 2.37. The molecule has 1 saturated heterocycles. The van der Waals surface area contributed by atoms with Gasteiger partial charge in [0.15, 0.2) is 0 Å². The van der Waals surface area contributed by atoms with Crippen LogP contribution in [0.3, 0.4) is 0 Å². The van der Waals surface area contributed by atoms with Gasteiger partial charge in [-0.25, -0.2) is 8.42 Å². The zero-order valence-electron chi connectivity index (χ0n) is 13.6. The van der Waals surface area contributed by atoms with Crippen LogP contribution in [0.2, 0.25) is 0 Å². The van der Waals surface area contributed by atoms with Crippen molar-refractivity contribution in [3.8, 4) is 0 Å². The number of H-pyrrole nitrogens is 1. The van der Waals surface area contributed by atoms with Gasteiger partial charge in [0.05, 0.1) is 16.8 Å². The zero-order chi connectivity index (χ0) is 19.3. The molecule has 1 fully saturated rings. The van der Waals surface area contributed by atoms with Gasteiger partial charge in [0.25, 0.3) is 11.5 Å². The van der Waals surface area contributed by atoms with Crippen molar-refractivity contribution in [1.82, 2.24) is 9.88 Å². The molecule has 0 bridgehead atoms. The zero-order valence-corrected chi connectivity index (χ0v) is 14.4. The average Bonchev–Trinajstić information content (AvgIpc) is 2.48. The van der Waals surface area contributed by atoms with E-state index in [0.29, 0.717) is 13.0 Å². The van der Waals surface area contributed by atoms with Gasteiger partial charge in [0.1, 0.15) is 15.4 Å². The van der Waals surface area contributed by atoms with Crippen LogP contribution in [0.4, 0.5) is 13.2 Å². The van der Waals surface area contributed by atoms with Crippen molar-refractivity contribution in [3.05, 3.63) is 45.7 Å². The third-order valence-corrected chi connectivity index (χ3v) is 5.31. The minimum atomic E-state index is -4.65. The predicted octanol–water partition coefficient (Wildman–Crippen LogP) is 1.81. The van der Waals surface area contributed by atoms with E-state index in [4.69, 9.17) is 0 Å². The van der Waals surface area contributed by atoms with Crippen LogP contribution in [0.15, 0.2) is 29.1 Å². The molecule has 0 saturated carbocycles. The van der Waals surface area contributed by atoms with Crippen LogP contribution in [0.25, 0.3) is 10.9 Å². The Morgan fingerprint density at radius 2 is 2.04 bits per heavy atom. The Morgan fingerprint density at radius 1 is 1.35 bits per heavy atom. The number of rotatable bonds is 3. The summed E-state index contributed by atoms with van der Waals surface area (Å²) in [6.45, 7) is 0.291. The van der Waals surface area contributed by atoms with Crippen LogP contribution in [-0.2, 0) is 16.0 Å². The number of carbonyl (C=O) groups excluding carboxylic acids is 1. The second-order valence-electron chi connectivity index (χ2n) is 6.31. The fourth-order valence-corrected chi connectivity index (χ4v) is 4.06. The fraction of sp³-hybridized carbons (Fsp3) is 0.375. The van der Waals surface area contributed by atoms with Crippen molar-refractivity contribution in [2.24, 2.45) is 0 Å². The Bertz CT molecular complexity index is 1040. The summed E-state index contributed by atoms with van der Waals surface area (Å²) in [7, 11) is -3.30. The maximum atomic E-state index is 13.1. The molecule has 1 aliphatic heterocycles. The van der Waals surface area contributed by atoms with Crippen molar-refractivity contribution in [1.29, 1.82) is 0 Å². The third-order valence-electron chi connectivity index (χ3n) is 4.32. The molecule has 140 valence electrons. The van der Waals surface area contributed by atoms with E-state index in [0.717, 1.165) is 18.4 Å². The van der Waals surface area contributed by atoms with Crippen LogP contribution in [0.1, 0.15) is 22.3 Å². The third kappa shape index (κ3) is 3.46. The number of benzene rings is 1. The van der Waals surface area contributed by atoms with E-state index >= 15 is 0 Å². The number of amides is 1. The maximum absolute atomic E-state index is 13.1. The van der Waals surface area contributed by atoms with Crippen LogP contribution < -0.4 is 5.56 Å². The molecule has 1 aromatic carbocycles. The van der Waals surface area contributed by atoms with Gasteiger partial charge in [-0.3, -0.25) is 9.59 Å². The molecule has 1 N–H and O–H groups in total. The number of hydrogen-bond donors (Lipinski definition) is 1. The SMILES string of the molecule is CS(=O)(=O)C[C@@H]1CCN1C(=O)c1cc2cccc(C(F)(F)F)c2[nH]c1=O. The van der Waals surface area contributed by atoms with Crippen LogP contribution >= 0.6 is 0 Å². The van der Waals surface area contributed by atoms with Crippen LogP contribution in [0.5, 0.6) is 0 Å². The van der Waals surface area contributed by atoms with Crippen molar-refractivity contribution in [2.75, 3.05) is 18.6 Å². The lowest BCUT2D eigenvalue weighted by atomic mass is 10.0. The number of hydrogen-bond acceptors (Lipinski definition) is 4. The molecule has 2 heterocycles. The number of sulfone groups is 1. The Hall–Kier alpha value is -2.36. The summed E-state index contributed by atoms with van der Waals surface area (Å²) in [6, 6.07) is 3.97. The van der Waals surface area contributed by atoms with Gasteiger partial charge in [-0.2, -0.15) is 13.2 Å². The number of para-hydroxylation sites is 1. The first-order valence-corrected chi connectivity index (χ1v) is 9.75. The first-order valence-electron chi connectivity index (χ1n) is 7.69.